The maximum atomic E-state index is 12.4. The molecule has 7 heteroatoms. The summed E-state index contributed by atoms with van der Waals surface area (Å²) in [4.78, 5) is 16.8. The van der Waals surface area contributed by atoms with Gasteiger partial charge in [0.2, 0.25) is 5.91 Å². The van der Waals surface area contributed by atoms with Gasteiger partial charge in [-0.1, -0.05) is 25.0 Å². The highest BCUT2D eigenvalue weighted by Crippen LogP contribution is 2.39. The summed E-state index contributed by atoms with van der Waals surface area (Å²) in [7, 11) is 0. The molecule has 1 fully saturated rings. The van der Waals surface area contributed by atoms with E-state index < -0.39 is 0 Å². The van der Waals surface area contributed by atoms with Gasteiger partial charge >= 0.3 is 0 Å². The Morgan fingerprint density at radius 2 is 1.87 bits per heavy atom. The van der Waals surface area contributed by atoms with Crippen molar-refractivity contribution in [3.8, 4) is 0 Å². The van der Waals surface area contributed by atoms with E-state index in [9.17, 15) is 4.79 Å². The predicted octanol–water partition coefficient (Wildman–Crippen LogP) is 3.70. The van der Waals surface area contributed by atoms with Gasteiger partial charge in [-0.3, -0.25) is 4.79 Å². The molecule has 3 N–H and O–H groups in total. The number of halogens is 2. The van der Waals surface area contributed by atoms with Crippen LogP contribution in [0.5, 0.6) is 0 Å². The van der Waals surface area contributed by atoms with Gasteiger partial charge in [0.05, 0.1) is 12.0 Å². The van der Waals surface area contributed by atoms with Crippen LogP contribution in [0.4, 0.5) is 5.69 Å². The molecule has 1 heterocycles. The van der Waals surface area contributed by atoms with Crippen molar-refractivity contribution in [2.24, 2.45) is 0 Å². The van der Waals surface area contributed by atoms with Crippen molar-refractivity contribution in [3.63, 3.8) is 0 Å². The van der Waals surface area contributed by atoms with Gasteiger partial charge in [-0.2, -0.15) is 0 Å². The van der Waals surface area contributed by atoms with Gasteiger partial charge in [0.15, 0.2) is 0 Å². The number of amides is 1. The molecule has 2 aromatic rings. The van der Waals surface area contributed by atoms with E-state index >= 15 is 0 Å². The first-order valence-electron chi connectivity index (χ1n) is 7.23. The van der Waals surface area contributed by atoms with E-state index in [0.29, 0.717) is 12.1 Å². The number of nitrogens with one attached hydrogen (secondary N) is 1. The molecule has 0 saturated heterocycles. The van der Waals surface area contributed by atoms with Gasteiger partial charge < -0.3 is 11.1 Å². The van der Waals surface area contributed by atoms with Gasteiger partial charge in [-0.25, -0.2) is 4.98 Å². The summed E-state index contributed by atoms with van der Waals surface area (Å²) >= 11 is 1.63. The number of benzene rings is 1. The Morgan fingerprint density at radius 1 is 1.22 bits per heavy atom. The smallest absolute Gasteiger partial charge is 0.225 e. The number of anilines is 1. The Labute approximate surface area is 152 Å². The second-order valence-corrected chi connectivity index (χ2v) is 6.49. The number of nitrogens with two attached hydrogens (primary N) is 1. The zero-order chi connectivity index (χ0) is 14.7. The number of hydrogen-bond donors (Lipinski definition) is 2. The second kappa shape index (κ2) is 8.52. The van der Waals surface area contributed by atoms with E-state index in [0.717, 1.165) is 36.3 Å². The minimum Gasteiger partial charge on any atom is -0.399 e. The number of carbonyl (C=O) groups excluding carboxylic acids is 1. The van der Waals surface area contributed by atoms with Crippen molar-refractivity contribution >= 4 is 47.7 Å². The average molecular weight is 374 g/mol. The van der Waals surface area contributed by atoms with Crippen LogP contribution in [-0.4, -0.2) is 10.9 Å². The lowest BCUT2D eigenvalue weighted by molar-refractivity contribution is -0.122. The molecular formula is C16H21Cl2N3OS. The first kappa shape index (κ1) is 19.7. The fourth-order valence-electron chi connectivity index (χ4n) is 2.96. The van der Waals surface area contributed by atoms with Gasteiger partial charge in [0.25, 0.3) is 0 Å². The van der Waals surface area contributed by atoms with Crippen LogP contribution >= 0.6 is 36.2 Å². The molecule has 126 valence electrons. The molecule has 1 aromatic carbocycles. The number of thiazole rings is 1. The van der Waals surface area contributed by atoms with E-state index in [1.54, 1.807) is 11.3 Å². The molecule has 0 atom stereocenters. The van der Waals surface area contributed by atoms with Crippen LogP contribution in [0.1, 0.15) is 36.3 Å². The monoisotopic (exact) mass is 373 g/mol. The van der Waals surface area contributed by atoms with Crippen molar-refractivity contribution in [2.75, 3.05) is 5.73 Å². The molecule has 1 saturated carbocycles. The maximum absolute atomic E-state index is 12.4. The van der Waals surface area contributed by atoms with Crippen molar-refractivity contribution in [3.05, 3.63) is 46.4 Å². The Morgan fingerprint density at radius 3 is 2.43 bits per heavy atom. The van der Waals surface area contributed by atoms with E-state index in [1.807, 2.05) is 35.8 Å². The van der Waals surface area contributed by atoms with Crippen LogP contribution in [0.2, 0.25) is 0 Å². The Bertz CT molecular complexity index is 611. The van der Waals surface area contributed by atoms with Crippen LogP contribution in [0, 0.1) is 0 Å². The molecule has 3 rings (SSSR count). The number of carbonyl (C=O) groups is 1. The summed E-state index contributed by atoms with van der Waals surface area (Å²) in [6, 6.07) is 7.46. The van der Waals surface area contributed by atoms with Crippen molar-refractivity contribution in [1.29, 1.82) is 0 Å². The first-order valence-corrected chi connectivity index (χ1v) is 8.11. The van der Waals surface area contributed by atoms with Gasteiger partial charge in [-0.05, 0) is 30.5 Å². The van der Waals surface area contributed by atoms with E-state index in [-0.39, 0.29) is 36.3 Å². The third-order valence-corrected chi connectivity index (χ3v) is 5.00. The molecule has 1 aliphatic rings. The highest BCUT2D eigenvalue weighted by Gasteiger charge is 2.39. The molecule has 0 radical (unpaired) electrons. The molecule has 0 aliphatic heterocycles. The van der Waals surface area contributed by atoms with Crippen molar-refractivity contribution in [1.82, 2.24) is 10.3 Å². The summed E-state index contributed by atoms with van der Waals surface area (Å²) < 4.78 is 0. The molecular weight excluding hydrogens is 353 g/mol. The number of nitrogens with zero attached hydrogens (tertiary/aromatic N) is 1. The molecule has 1 aliphatic carbocycles. The molecule has 0 unspecified atom stereocenters. The van der Waals surface area contributed by atoms with Crippen molar-refractivity contribution < 1.29 is 4.79 Å². The van der Waals surface area contributed by atoms with Crippen LogP contribution in [0.25, 0.3) is 0 Å². The van der Waals surface area contributed by atoms with Crippen LogP contribution in [-0.2, 0) is 16.8 Å². The fraction of sp³-hybridized carbons (Fsp3) is 0.375. The summed E-state index contributed by atoms with van der Waals surface area (Å²) in [6.45, 7) is 0. The Hall–Kier alpha value is -1.30. The summed E-state index contributed by atoms with van der Waals surface area (Å²) in [5.74, 6) is 0.0527. The quantitative estimate of drug-likeness (QED) is 0.802. The molecule has 1 amide bonds. The van der Waals surface area contributed by atoms with Gasteiger partial charge in [0.1, 0.15) is 5.01 Å². The summed E-state index contributed by atoms with van der Waals surface area (Å²) in [5.41, 5.74) is 7.11. The SMILES string of the molecule is Cl.Cl.Nc1ccc(CC(=O)NC2(c3nccs3)CCCC2)cc1. The molecule has 23 heavy (non-hydrogen) atoms. The minimum atomic E-state index is -0.251. The van der Waals surface area contributed by atoms with Gasteiger partial charge in [-0.15, -0.1) is 36.2 Å². The Kier molecular flexibility index (Phi) is 7.32. The number of aromatic nitrogens is 1. The van der Waals surface area contributed by atoms with Gasteiger partial charge in [0, 0.05) is 17.3 Å². The standard InChI is InChI=1S/C16H19N3OS.2ClH/c17-13-5-3-12(4-6-13)11-14(20)19-16(7-1-2-8-16)15-18-9-10-21-15;;/h3-6,9-10H,1-2,7-8,11,17H2,(H,19,20);2*1H. The summed E-state index contributed by atoms with van der Waals surface area (Å²) in [5, 5.41) is 6.24. The van der Waals surface area contributed by atoms with Crippen LogP contribution in [0.15, 0.2) is 35.8 Å². The Balaban J connectivity index is 0.00000132. The molecule has 4 nitrogen and oxygen atoms in total. The van der Waals surface area contributed by atoms with E-state index in [4.69, 9.17) is 5.73 Å². The van der Waals surface area contributed by atoms with Crippen LogP contribution < -0.4 is 11.1 Å². The molecule has 0 spiro atoms. The third kappa shape index (κ3) is 4.59. The molecule has 0 bridgehead atoms. The maximum Gasteiger partial charge on any atom is 0.225 e. The second-order valence-electron chi connectivity index (χ2n) is 5.59. The van der Waals surface area contributed by atoms with E-state index in [2.05, 4.69) is 10.3 Å². The zero-order valence-electron chi connectivity index (χ0n) is 12.7. The lowest BCUT2D eigenvalue weighted by atomic mass is 9.97. The summed E-state index contributed by atoms with van der Waals surface area (Å²) in [6.07, 6.45) is 6.44. The minimum absolute atomic E-state index is 0. The van der Waals surface area contributed by atoms with Crippen molar-refractivity contribution in [2.45, 2.75) is 37.6 Å². The largest absolute Gasteiger partial charge is 0.399 e. The first-order chi connectivity index (χ1) is 10.2. The highest BCUT2D eigenvalue weighted by molar-refractivity contribution is 7.09. The number of rotatable bonds is 4. The lowest BCUT2D eigenvalue weighted by Gasteiger charge is -2.28. The third-order valence-electron chi connectivity index (χ3n) is 4.02. The van der Waals surface area contributed by atoms with Crippen LogP contribution in [0.3, 0.4) is 0 Å². The molecule has 1 aromatic heterocycles. The topological polar surface area (TPSA) is 68.0 Å². The fourth-order valence-corrected chi connectivity index (χ4v) is 3.82. The predicted molar refractivity (Wildman–Crippen MR) is 99.5 cm³/mol. The number of hydrogen-bond acceptors (Lipinski definition) is 4. The average Bonchev–Trinajstić information content (AvgIpc) is 3.12. The lowest BCUT2D eigenvalue weighted by Crippen LogP contribution is -2.44. The van der Waals surface area contributed by atoms with E-state index in [1.165, 1.54) is 0 Å². The number of nitrogen functional groups attached to an aromatic ring is 1. The zero-order valence-corrected chi connectivity index (χ0v) is 15.1. The normalized spacial score (nSPS) is 15.3. The highest BCUT2D eigenvalue weighted by atomic mass is 35.5.